The molecule has 0 aromatic heterocycles. The first-order valence-electron chi connectivity index (χ1n) is 6.91. The van der Waals surface area contributed by atoms with Gasteiger partial charge in [0.25, 0.3) is 0 Å². The van der Waals surface area contributed by atoms with Gasteiger partial charge in [-0.15, -0.1) is 0 Å². The summed E-state index contributed by atoms with van der Waals surface area (Å²) in [6.45, 7) is 3.09. The van der Waals surface area contributed by atoms with E-state index < -0.39 is 0 Å². The minimum Gasteiger partial charge on any atom is -0.373 e. The number of benzene rings is 1. The van der Waals surface area contributed by atoms with Crippen LogP contribution in [0.4, 0.5) is 5.69 Å². The zero-order chi connectivity index (χ0) is 13.0. The number of likely N-dealkylation sites (tertiary alicyclic amines) is 1. The second-order valence-electron chi connectivity index (χ2n) is 5.36. The largest absolute Gasteiger partial charge is 0.373 e. The van der Waals surface area contributed by atoms with Gasteiger partial charge in [-0.05, 0) is 57.1 Å². The van der Waals surface area contributed by atoms with Gasteiger partial charge in [0.2, 0.25) is 0 Å². The van der Waals surface area contributed by atoms with Gasteiger partial charge in [0.1, 0.15) is 0 Å². The van der Waals surface area contributed by atoms with E-state index in [4.69, 9.17) is 5.73 Å². The van der Waals surface area contributed by atoms with Gasteiger partial charge in [-0.2, -0.15) is 0 Å². The van der Waals surface area contributed by atoms with E-state index in [2.05, 4.69) is 48.2 Å². The summed E-state index contributed by atoms with van der Waals surface area (Å²) in [5.41, 5.74) is 8.20. The molecule has 3 heteroatoms. The summed E-state index contributed by atoms with van der Waals surface area (Å²) in [5.74, 6) is 0. The molecule has 0 spiro atoms. The highest BCUT2D eigenvalue weighted by molar-refractivity contribution is 5.47. The van der Waals surface area contributed by atoms with Crippen molar-refractivity contribution >= 4 is 5.69 Å². The highest BCUT2D eigenvalue weighted by atomic mass is 15.2. The predicted molar refractivity (Wildman–Crippen MR) is 78.1 cm³/mol. The minimum absolute atomic E-state index is 0.707. The van der Waals surface area contributed by atoms with Gasteiger partial charge in [0.15, 0.2) is 0 Å². The monoisotopic (exact) mass is 247 g/mol. The van der Waals surface area contributed by atoms with Crippen LogP contribution in [0.3, 0.4) is 0 Å². The summed E-state index contributed by atoms with van der Waals surface area (Å²) in [7, 11) is 4.42. The molecule has 1 unspecified atom stereocenters. The van der Waals surface area contributed by atoms with E-state index in [0.29, 0.717) is 6.04 Å². The van der Waals surface area contributed by atoms with Gasteiger partial charge in [-0.25, -0.2) is 0 Å². The van der Waals surface area contributed by atoms with E-state index in [1.165, 1.54) is 30.6 Å². The minimum atomic E-state index is 0.707. The third-order valence-electron chi connectivity index (χ3n) is 3.97. The lowest BCUT2D eigenvalue weighted by molar-refractivity contribution is 0.314. The topological polar surface area (TPSA) is 32.5 Å². The van der Waals surface area contributed by atoms with Crippen molar-refractivity contribution in [3.63, 3.8) is 0 Å². The Morgan fingerprint density at radius 1 is 1.33 bits per heavy atom. The van der Waals surface area contributed by atoms with Crippen molar-refractivity contribution in [3.05, 3.63) is 29.8 Å². The molecule has 1 aliphatic heterocycles. The fourth-order valence-corrected chi connectivity index (χ4v) is 2.72. The highest BCUT2D eigenvalue weighted by Crippen LogP contribution is 2.19. The molecule has 18 heavy (non-hydrogen) atoms. The Labute approximate surface area is 111 Å². The Morgan fingerprint density at radius 2 is 2.06 bits per heavy atom. The second-order valence-corrected chi connectivity index (χ2v) is 5.36. The first kappa shape index (κ1) is 13.4. The molecule has 0 amide bonds. The molecule has 0 radical (unpaired) electrons. The molecule has 2 rings (SSSR count). The molecule has 1 aliphatic rings. The number of hydrogen-bond donors (Lipinski definition) is 1. The van der Waals surface area contributed by atoms with Crippen molar-refractivity contribution in [1.82, 2.24) is 4.90 Å². The molecule has 1 heterocycles. The highest BCUT2D eigenvalue weighted by Gasteiger charge is 2.22. The third kappa shape index (κ3) is 3.24. The maximum absolute atomic E-state index is 5.57. The Kier molecular flexibility index (Phi) is 4.61. The fourth-order valence-electron chi connectivity index (χ4n) is 2.72. The normalized spacial score (nSPS) is 20.3. The van der Waals surface area contributed by atoms with Crippen LogP contribution in [0.1, 0.15) is 18.4 Å². The Balaban J connectivity index is 1.93. The molecule has 3 nitrogen and oxygen atoms in total. The molecule has 2 N–H and O–H groups in total. The van der Waals surface area contributed by atoms with E-state index >= 15 is 0 Å². The number of nitrogens with zero attached hydrogens (tertiary/aromatic N) is 2. The standard InChI is InChI=1S/C15H25N3/c1-17-11-3-4-15(17)12-18(2)14-7-5-13(6-8-14)9-10-16/h5-8,15H,3-4,9-12,16H2,1-2H3. The van der Waals surface area contributed by atoms with E-state index in [-0.39, 0.29) is 0 Å². The van der Waals surface area contributed by atoms with E-state index in [0.717, 1.165) is 19.5 Å². The number of nitrogens with two attached hydrogens (primary N) is 1. The molecular weight excluding hydrogens is 222 g/mol. The van der Waals surface area contributed by atoms with Gasteiger partial charge < -0.3 is 15.5 Å². The predicted octanol–water partition coefficient (Wildman–Crippen LogP) is 1.72. The van der Waals surface area contributed by atoms with Gasteiger partial charge >= 0.3 is 0 Å². The van der Waals surface area contributed by atoms with Crippen molar-refractivity contribution in [3.8, 4) is 0 Å². The Bertz CT molecular complexity index is 361. The van der Waals surface area contributed by atoms with E-state index in [9.17, 15) is 0 Å². The Hall–Kier alpha value is -1.06. The van der Waals surface area contributed by atoms with Crippen LogP contribution in [0.15, 0.2) is 24.3 Å². The lowest BCUT2D eigenvalue weighted by Gasteiger charge is -2.27. The molecule has 0 bridgehead atoms. The summed E-state index contributed by atoms with van der Waals surface area (Å²) < 4.78 is 0. The van der Waals surface area contributed by atoms with Gasteiger partial charge in [0.05, 0.1) is 0 Å². The summed E-state index contributed by atoms with van der Waals surface area (Å²) in [4.78, 5) is 4.83. The van der Waals surface area contributed by atoms with Crippen LogP contribution in [0, 0.1) is 0 Å². The molecule has 1 fully saturated rings. The molecule has 1 saturated heterocycles. The SMILES string of the molecule is CN(CC1CCCN1C)c1ccc(CCN)cc1. The maximum Gasteiger partial charge on any atom is 0.0364 e. The number of rotatable bonds is 5. The smallest absolute Gasteiger partial charge is 0.0364 e. The van der Waals surface area contributed by atoms with Gasteiger partial charge in [-0.3, -0.25) is 0 Å². The van der Waals surface area contributed by atoms with Crippen LogP contribution in [-0.4, -0.2) is 44.7 Å². The lowest BCUT2D eigenvalue weighted by Crippen LogP contribution is -2.36. The molecule has 1 aromatic rings. The van der Waals surface area contributed by atoms with Crippen LogP contribution in [0.25, 0.3) is 0 Å². The van der Waals surface area contributed by atoms with E-state index in [1.807, 2.05) is 0 Å². The number of anilines is 1. The average molecular weight is 247 g/mol. The lowest BCUT2D eigenvalue weighted by atomic mass is 10.1. The Morgan fingerprint density at radius 3 is 2.61 bits per heavy atom. The fraction of sp³-hybridized carbons (Fsp3) is 0.600. The molecule has 1 aromatic carbocycles. The summed E-state index contributed by atoms with van der Waals surface area (Å²) in [6.07, 6.45) is 3.63. The van der Waals surface area contributed by atoms with Crippen molar-refractivity contribution in [2.75, 3.05) is 38.6 Å². The summed E-state index contributed by atoms with van der Waals surface area (Å²) in [6, 6.07) is 9.51. The summed E-state index contributed by atoms with van der Waals surface area (Å²) in [5, 5.41) is 0. The zero-order valence-electron chi connectivity index (χ0n) is 11.6. The quantitative estimate of drug-likeness (QED) is 0.860. The molecule has 100 valence electrons. The van der Waals surface area contributed by atoms with Crippen molar-refractivity contribution < 1.29 is 0 Å². The zero-order valence-corrected chi connectivity index (χ0v) is 11.6. The van der Waals surface area contributed by atoms with Crippen LogP contribution in [0.2, 0.25) is 0 Å². The first-order chi connectivity index (χ1) is 8.70. The van der Waals surface area contributed by atoms with Crippen molar-refractivity contribution in [1.29, 1.82) is 0 Å². The third-order valence-corrected chi connectivity index (χ3v) is 3.97. The molecular formula is C15H25N3. The summed E-state index contributed by atoms with van der Waals surface area (Å²) >= 11 is 0. The first-order valence-corrected chi connectivity index (χ1v) is 6.91. The van der Waals surface area contributed by atoms with E-state index in [1.54, 1.807) is 0 Å². The number of likely N-dealkylation sites (N-methyl/N-ethyl adjacent to an activating group) is 2. The molecule has 0 aliphatic carbocycles. The second kappa shape index (κ2) is 6.21. The number of hydrogen-bond acceptors (Lipinski definition) is 3. The van der Waals surface area contributed by atoms with Gasteiger partial charge in [-0.1, -0.05) is 12.1 Å². The average Bonchev–Trinajstić information content (AvgIpc) is 2.76. The maximum atomic E-state index is 5.57. The van der Waals surface area contributed by atoms with Crippen LogP contribution < -0.4 is 10.6 Å². The van der Waals surface area contributed by atoms with Crippen LogP contribution in [-0.2, 0) is 6.42 Å². The van der Waals surface area contributed by atoms with Crippen LogP contribution in [0.5, 0.6) is 0 Å². The molecule has 1 atom stereocenters. The van der Waals surface area contributed by atoms with Crippen molar-refractivity contribution in [2.45, 2.75) is 25.3 Å². The van der Waals surface area contributed by atoms with Crippen LogP contribution >= 0.6 is 0 Å². The van der Waals surface area contributed by atoms with Gasteiger partial charge in [0, 0.05) is 25.3 Å². The van der Waals surface area contributed by atoms with Crippen molar-refractivity contribution in [2.24, 2.45) is 5.73 Å². The molecule has 0 saturated carbocycles.